The largest absolute Gasteiger partial charge is 0.496 e. The molecule has 1 N–H and O–H groups in total. The number of ether oxygens (including phenoxy) is 2. The monoisotopic (exact) mass is 593 g/mol. The number of hydrogen-bond donors (Lipinski definition) is 1. The smallest absolute Gasteiger partial charge is 0.246 e. The van der Waals surface area contributed by atoms with Crippen LogP contribution in [0.4, 0.5) is 0 Å². The summed E-state index contributed by atoms with van der Waals surface area (Å²) in [5, 5.41) is 3.08. The fourth-order valence-electron chi connectivity index (χ4n) is 5.71. The molecule has 2 saturated heterocycles. The molecule has 0 saturated carbocycles. The molecule has 4 rings (SSSR count). The second-order valence-electron chi connectivity index (χ2n) is 10.6. The zero-order chi connectivity index (χ0) is 28.0. The van der Waals surface area contributed by atoms with Crippen LogP contribution in [0.5, 0.6) is 5.75 Å². The van der Waals surface area contributed by atoms with Gasteiger partial charge in [0.1, 0.15) is 12.4 Å². The van der Waals surface area contributed by atoms with Crippen molar-refractivity contribution in [3.05, 3.63) is 59.7 Å². The summed E-state index contributed by atoms with van der Waals surface area (Å²) in [5.74, 6) is 0.766. The van der Waals surface area contributed by atoms with Gasteiger partial charge in [-0.2, -0.15) is 0 Å². The Morgan fingerprint density at radius 1 is 1.02 bits per heavy atom. The minimum atomic E-state index is -3.24. The minimum Gasteiger partial charge on any atom is -0.496 e. The van der Waals surface area contributed by atoms with E-state index in [9.17, 15) is 18.0 Å². The van der Waals surface area contributed by atoms with Gasteiger partial charge in [0.2, 0.25) is 11.8 Å². The molecule has 0 radical (unpaired) electrons. The van der Waals surface area contributed by atoms with Crippen molar-refractivity contribution in [1.82, 2.24) is 15.1 Å². The molecule has 9 nitrogen and oxygen atoms in total. The summed E-state index contributed by atoms with van der Waals surface area (Å²) in [6.45, 7) is 3.65. The normalized spacial score (nSPS) is 17.9. The summed E-state index contributed by atoms with van der Waals surface area (Å²) >= 11 is 0. The average Bonchev–Trinajstić information content (AvgIpc) is 3.21. The van der Waals surface area contributed by atoms with Crippen LogP contribution < -0.4 is 10.1 Å². The van der Waals surface area contributed by atoms with Crippen molar-refractivity contribution in [3.63, 3.8) is 0 Å². The van der Waals surface area contributed by atoms with Crippen LogP contribution in [-0.4, -0.2) is 83.3 Å². The Labute approximate surface area is 243 Å². The maximum absolute atomic E-state index is 13.5. The molecule has 1 unspecified atom stereocenters. The van der Waals surface area contributed by atoms with Crippen LogP contribution in [0.3, 0.4) is 0 Å². The van der Waals surface area contributed by atoms with E-state index in [0.29, 0.717) is 19.5 Å². The Kier molecular flexibility index (Phi) is 11.0. The number of nitrogens with zero attached hydrogens (tertiary/aromatic N) is 2. The number of halogens is 1. The van der Waals surface area contributed by atoms with E-state index in [4.69, 9.17) is 9.47 Å². The van der Waals surface area contributed by atoms with E-state index in [2.05, 4.69) is 10.2 Å². The molecule has 2 heterocycles. The lowest BCUT2D eigenvalue weighted by Gasteiger charge is -2.38. The molecule has 0 bridgehead atoms. The number of methoxy groups -OCH3 is 2. The third-order valence-electron chi connectivity index (χ3n) is 8.00. The summed E-state index contributed by atoms with van der Waals surface area (Å²) in [6.07, 6.45) is 4.37. The predicted molar refractivity (Wildman–Crippen MR) is 155 cm³/mol. The summed E-state index contributed by atoms with van der Waals surface area (Å²) < 4.78 is 34.0. The van der Waals surface area contributed by atoms with Crippen molar-refractivity contribution in [2.45, 2.75) is 43.2 Å². The number of carbonyl (C=O) groups excluding carboxylic acids is 2. The average molecular weight is 594 g/mol. The number of likely N-dealkylation sites (tertiary alicyclic amines) is 2. The maximum Gasteiger partial charge on any atom is 0.246 e. The second-order valence-corrected chi connectivity index (χ2v) is 12.6. The van der Waals surface area contributed by atoms with Crippen molar-refractivity contribution in [1.29, 1.82) is 0 Å². The van der Waals surface area contributed by atoms with Gasteiger partial charge in [0, 0.05) is 38.6 Å². The van der Waals surface area contributed by atoms with E-state index in [1.807, 2.05) is 29.2 Å². The van der Waals surface area contributed by atoms with Gasteiger partial charge in [-0.3, -0.25) is 9.59 Å². The third kappa shape index (κ3) is 7.54. The molecule has 0 aliphatic carbocycles. The van der Waals surface area contributed by atoms with Gasteiger partial charge >= 0.3 is 0 Å². The van der Waals surface area contributed by atoms with Crippen molar-refractivity contribution in [3.8, 4) is 5.75 Å². The van der Waals surface area contributed by atoms with E-state index in [1.165, 1.54) is 13.4 Å². The molecule has 11 heteroatoms. The van der Waals surface area contributed by atoms with Crippen LogP contribution in [0, 0.1) is 5.41 Å². The number of carbonyl (C=O) groups is 2. The number of rotatable bonds is 11. The maximum atomic E-state index is 13.5. The van der Waals surface area contributed by atoms with Gasteiger partial charge in [-0.05, 0) is 62.5 Å². The van der Waals surface area contributed by atoms with Gasteiger partial charge in [-0.25, -0.2) is 8.42 Å². The number of benzene rings is 2. The molecule has 2 fully saturated rings. The van der Waals surface area contributed by atoms with E-state index in [1.54, 1.807) is 31.4 Å². The Bertz CT molecular complexity index is 1260. The number of sulfone groups is 1. The standard InChI is InChI=1S/C29H39N3O6S.ClH/c1-37-21-27(33)30-25(24-6-4-5-7-26(24)38-2)12-16-31-17-13-29(14-18-31)15-19-32(28(29)34)20-22-8-10-23(11-9-22)39(3,35)36;/h4-11,25H,12-21H2,1-3H3,(H,30,33);1H. The van der Waals surface area contributed by atoms with E-state index in [-0.39, 0.29) is 47.2 Å². The fraction of sp³-hybridized carbons (Fsp3) is 0.517. The van der Waals surface area contributed by atoms with Crippen LogP contribution in [0.25, 0.3) is 0 Å². The van der Waals surface area contributed by atoms with Crippen LogP contribution >= 0.6 is 12.4 Å². The van der Waals surface area contributed by atoms with Gasteiger partial charge in [-0.15, -0.1) is 12.4 Å². The number of para-hydroxylation sites is 1. The summed E-state index contributed by atoms with van der Waals surface area (Å²) in [7, 11) is -0.112. The molecule has 2 amide bonds. The Hall–Kier alpha value is -2.66. The molecule has 220 valence electrons. The molecule has 1 atom stereocenters. The van der Waals surface area contributed by atoms with Crippen molar-refractivity contribution in [2.75, 3.05) is 53.3 Å². The molecule has 0 aromatic heterocycles. The van der Waals surface area contributed by atoms with Crippen molar-refractivity contribution >= 4 is 34.1 Å². The molecular formula is C29H40ClN3O6S. The van der Waals surface area contributed by atoms with E-state index in [0.717, 1.165) is 55.8 Å². The third-order valence-corrected chi connectivity index (χ3v) is 9.13. The van der Waals surface area contributed by atoms with Crippen LogP contribution in [0.1, 0.15) is 42.9 Å². The minimum absolute atomic E-state index is 0. The highest BCUT2D eigenvalue weighted by Gasteiger charge is 2.47. The summed E-state index contributed by atoms with van der Waals surface area (Å²) in [4.78, 5) is 30.4. The van der Waals surface area contributed by atoms with Gasteiger partial charge in [-0.1, -0.05) is 30.3 Å². The molecule has 1 spiro atoms. The second kappa shape index (κ2) is 13.8. The number of amides is 2. The lowest BCUT2D eigenvalue weighted by molar-refractivity contribution is -0.139. The van der Waals surface area contributed by atoms with Crippen LogP contribution in [0.15, 0.2) is 53.4 Å². The Morgan fingerprint density at radius 2 is 1.68 bits per heavy atom. The molecule has 2 aromatic rings. The summed E-state index contributed by atoms with van der Waals surface area (Å²) in [5.41, 5.74) is 1.55. The zero-order valence-electron chi connectivity index (χ0n) is 23.4. The highest BCUT2D eigenvalue weighted by molar-refractivity contribution is 7.90. The van der Waals surface area contributed by atoms with Crippen molar-refractivity contribution in [2.24, 2.45) is 5.41 Å². The van der Waals surface area contributed by atoms with Gasteiger partial charge in [0.05, 0.1) is 23.5 Å². The first-order valence-electron chi connectivity index (χ1n) is 13.4. The summed E-state index contributed by atoms with van der Waals surface area (Å²) in [6, 6.07) is 14.3. The van der Waals surface area contributed by atoms with Gasteiger partial charge in [0.25, 0.3) is 0 Å². The molecule has 40 heavy (non-hydrogen) atoms. The topological polar surface area (TPSA) is 105 Å². The molecule has 2 aliphatic heterocycles. The lowest BCUT2D eigenvalue weighted by atomic mass is 9.77. The highest BCUT2D eigenvalue weighted by Crippen LogP contribution is 2.42. The van der Waals surface area contributed by atoms with E-state index < -0.39 is 9.84 Å². The van der Waals surface area contributed by atoms with Crippen LogP contribution in [-0.2, 0) is 30.7 Å². The number of nitrogens with one attached hydrogen (secondary N) is 1. The molecule has 2 aromatic carbocycles. The Morgan fingerprint density at radius 3 is 2.30 bits per heavy atom. The van der Waals surface area contributed by atoms with E-state index >= 15 is 0 Å². The molecule has 2 aliphatic rings. The Balaban J connectivity index is 0.00000441. The first-order chi connectivity index (χ1) is 18.6. The first-order valence-corrected chi connectivity index (χ1v) is 15.3. The number of hydrogen-bond acceptors (Lipinski definition) is 7. The number of piperidine rings is 1. The predicted octanol–water partition coefficient (Wildman–Crippen LogP) is 3.23. The van der Waals surface area contributed by atoms with Crippen LogP contribution in [0.2, 0.25) is 0 Å². The SMILES string of the molecule is COCC(=O)NC(CCN1CCC2(CC1)CCN(Cc1ccc(S(C)(=O)=O)cc1)C2=O)c1ccccc1OC.Cl. The first kappa shape index (κ1) is 31.9. The van der Waals surface area contributed by atoms with Gasteiger partial charge < -0.3 is 24.6 Å². The molecular weight excluding hydrogens is 554 g/mol. The lowest BCUT2D eigenvalue weighted by Crippen LogP contribution is -2.45. The zero-order valence-corrected chi connectivity index (χ0v) is 25.1. The quantitative estimate of drug-likeness (QED) is 0.426. The van der Waals surface area contributed by atoms with Gasteiger partial charge in [0.15, 0.2) is 9.84 Å². The fourth-order valence-corrected chi connectivity index (χ4v) is 6.34. The van der Waals surface area contributed by atoms with Crippen molar-refractivity contribution < 1.29 is 27.5 Å². The highest BCUT2D eigenvalue weighted by atomic mass is 35.5.